The summed E-state index contributed by atoms with van der Waals surface area (Å²) in [6.07, 6.45) is 62.0. The normalized spacial score (nSPS) is 14.1. The number of aliphatic hydroxyl groups excluding tert-OH is 1. The number of carbonyl (C=O) groups is 4. The molecule has 0 rings (SSSR count). The minimum absolute atomic E-state index is 0.102. The lowest BCUT2D eigenvalue weighted by molar-refractivity contribution is -0.161. The van der Waals surface area contributed by atoms with Gasteiger partial charge in [0.2, 0.25) is 0 Å². The zero-order valence-corrected chi connectivity index (χ0v) is 63.8. The number of allylic oxidation sites excluding steroid dienone is 4. The number of ether oxygens (including phenoxy) is 4. The number of aliphatic hydroxyl groups is 1. The van der Waals surface area contributed by atoms with Crippen molar-refractivity contribution in [2.75, 3.05) is 39.6 Å². The molecular weight excluding hydrogens is 1260 g/mol. The first-order valence-electron chi connectivity index (χ1n) is 39.5. The summed E-state index contributed by atoms with van der Waals surface area (Å²) in [7, 11) is -9.92. The molecule has 0 radical (unpaired) electrons. The molecule has 0 aliphatic carbocycles. The Balaban J connectivity index is 5.24. The highest BCUT2D eigenvalue weighted by atomic mass is 31.2. The summed E-state index contributed by atoms with van der Waals surface area (Å²) >= 11 is 0. The molecule has 5 atom stereocenters. The lowest BCUT2D eigenvalue weighted by Gasteiger charge is -2.21. The standard InChI is InChI=1S/C77H146O17P2/c1-6-9-12-15-18-21-23-25-27-28-29-30-31-33-35-37-42-47-52-57-62-76(81)93-73(67-88-75(80)61-56-51-46-41-36-34-32-26-24-22-19-16-13-10-7-2)69-92-96(85,86)90-65-71(78)64-89-95(83,84)91-68-72(66-87-74(79)60-55-50-45-39-20-17-14-11-8-3)94-77(82)63-58-53-48-43-38-40-44-49-54-59-70(4)5/h22,24,26,32,70-73,78H,6-21,23,25,27-31,33-69H2,1-5H3,(H,83,84)(H,85,86)/b24-22-,32-26-/t71-,72+,73+/m0/s1. The SMILES string of the molecule is CCCCCC/C=C\C=C/CCCCCCCC(=O)OC[C@H](COP(=O)(O)OC[C@@H](O)COP(=O)(O)OC[C@@H](COC(=O)CCCCCCCCCCC)OC(=O)CCCCCCCCCCCC(C)C)OC(=O)CCCCCCCCCCCCCCCCCCCCCC. The van der Waals surface area contributed by atoms with Gasteiger partial charge in [0.05, 0.1) is 26.4 Å². The molecule has 0 aliphatic heterocycles. The molecule has 0 aromatic carbocycles. The van der Waals surface area contributed by atoms with Crippen LogP contribution in [0.4, 0.5) is 0 Å². The highest BCUT2D eigenvalue weighted by molar-refractivity contribution is 7.47. The third-order valence-corrected chi connectivity index (χ3v) is 19.3. The summed E-state index contributed by atoms with van der Waals surface area (Å²) < 4.78 is 68.5. The molecule has 0 saturated carbocycles. The van der Waals surface area contributed by atoms with E-state index in [1.807, 2.05) is 0 Å². The van der Waals surface area contributed by atoms with E-state index in [0.717, 1.165) is 115 Å². The smallest absolute Gasteiger partial charge is 0.462 e. The molecule has 0 aromatic heterocycles. The van der Waals surface area contributed by atoms with Gasteiger partial charge in [-0.15, -0.1) is 0 Å². The minimum Gasteiger partial charge on any atom is -0.462 e. The Morgan fingerprint density at radius 1 is 0.323 bits per heavy atom. The van der Waals surface area contributed by atoms with Crippen LogP contribution in [0.1, 0.15) is 381 Å². The molecule has 17 nitrogen and oxygen atoms in total. The summed E-state index contributed by atoms with van der Waals surface area (Å²) in [5, 5.41) is 10.6. The van der Waals surface area contributed by atoms with Crippen molar-refractivity contribution in [3.8, 4) is 0 Å². The van der Waals surface area contributed by atoms with E-state index in [1.165, 1.54) is 186 Å². The fraction of sp³-hybridized carbons (Fsp3) is 0.896. The third-order valence-electron chi connectivity index (χ3n) is 17.4. The van der Waals surface area contributed by atoms with Crippen molar-refractivity contribution in [3.63, 3.8) is 0 Å². The fourth-order valence-electron chi connectivity index (χ4n) is 11.3. The predicted octanol–water partition coefficient (Wildman–Crippen LogP) is 22.4. The van der Waals surface area contributed by atoms with Gasteiger partial charge in [-0.3, -0.25) is 37.3 Å². The van der Waals surface area contributed by atoms with E-state index in [0.29, 0.717) is 25.7 Å². The van der Waals surface area contributed by atoms with Crippen molar-refractivity contribution in [1.29, 1.82) is 0 Å². The monoisotopic (exact) mass is 1410 g/mol. The van der Waals surface area contributed by atoms with Crippen LogP contribution in [0.15, 0.2) is 24.3 Å². The number of phosphoric acid groups is 2. The molecule has 0 amide bonds. The van der Waals surface area contributed by atoms with Gasteiger partial charge < -0.3 is 33.8 Å². The molecule has 96 heavy (non-hydrogen) atoms. The van der Waals surface area contributed by atoms with Gasteiger partial charge >= 0.3 is 39.5 Å². The van der Waals surface area contributed by atoms with E-state index in [2.05, 4.69) is 58.9 Å². The Labute approximate surface area is 586 Å². The Kier molecular flexibility index (Phi) is 67.8. The first-order chi connectivity index (χ1) is 46.5. The van der Waals surface area contributed by atoms with E-state index < -0.39 is 97.5 Å². The van der Waals surface area contributed by atoms with Crippen LogP contribution in [0.2, 0.25) is 0 Å². The van der Waals surface area contributed by atoms with Crippen LogP contribution in [0.5, 0.6) is 0 Å². The molecule has 2 unspecified atom stereocenters. The number of hydrogen-bond donors (Lipinski definition) is 3. The fourth-order valence-corrected chi connectivity index (χ4v) is 12.9. The molecule has 0 bridgehead atoms. The Hall–Kier alpha value is -2.46. The highest BCUT2D eigenvalue weighted by Crippen LogP contribution is 2.45. The number of carbonyl (C=O) groups excluding carboxylic acids is 4. The van der Waals surface area contributed by atoms with Crippen LogP contribution in [0.25, 0.3) is 0 Å². The van der Waals surface area contributed by atoms with Gasteiger partial charge in [-0.05, 0) is 57.3 Å². The molecule has 566 valence electrons. The zero-order chi connectivity index (χ0) is 70.5. The van der Waals surface area contributed by atoms with Gasteiger partial charge in [-0.25, -0.2) is 9.13 Å². The van der Waals surface area contributed by atoms with Gasteiger partial charge in [0.15, 0.2) is 12.2 Å². The Morgan fingerprint density at radius 3 is 0.854 bits per heavy atom. The first kappa shape index (κ1) is 93.5. The summed E-state index contributed by atoms with van der Waals surface area (Å²) in [4.78, 5) is 72.7. The van der Waals surface area contributed by atoms with Crippen molar-refractivity contribution in [1.82, 2.24) is 0 Å². The summed E-state index contributed by atoms with van der Waals surface area (Å²) in [5.41, 5.74) is 0. The molecule has 0 saturated heterocycles. The van der Waals surface area contributed by atoms with Crippen molar-refractivity contribution in [2.24, 2.45) is 5.92 Å². The molecular formula is C77H146O17P2. The van der Waals surface area contributed by atoms with Crippen LogP contribution in [-0.2, 0) is 65.4 Å². The van der Waals surface area contributed by atoms with Gasteiger partial charge in [-0.1, -0.05) is 329 Å². The second kappa shape index (κ2) is 69.6. The summed E-state index contributed by atoms with van der Waals surface area (Å²) in [5.74, 6) is -1.41. The zero-order valence-electron chi connectivity index (χ0n) is 62.0. The van der Waals surface area contributed by atoms with E-state index in [9.17, 15) is 43.2 Å². The van der Waals surface area contributed by atoms with Crippen LogP contribution < -0.4 is 0 Å². The lowest BCUT2D eigenvalue weighted by Crippen LogP contribution is -2.30. The van der Waals surface area contributed by atoms with Gasteiger partial charge in [0, 0.05) is 25.7 Å². The molecule has 0 fully saturated rings. The largest absolute Gasteiger partial charge is 0.472 e. The predicted molar refractivity (Wildman–Crippen MR) is 391 cm³/mol. The molecule has 0 aromatic rings. The van der Waals surface area contributed by atoms with E-state index in [1.54, 1.807) is 0 Å². The Bertz CT molecular complexity index is 1930. The average Bonchev–Trinajstić information content (AvgIpc) is 1.31. The van der Waals surface area contributed by atoms with E-state index in [-0.39, 0.29) is 25.7 Å². The van der Waals surface area contributed by atoms with Crippen LogP contribution >= 0.6 is 15.6 Å². The van der Waals surface area contributed by atoms with E-state index in [4.69, 9.17) is 37.0 Å². The van der Waals surface area contributed by atoms with Crippen molar-refractivity contribution in [2.45, 2.75) is 400 Å². The Morgan fingerprint density at radius 2 is 0.562 bits per heavy atom. The summed E-state index contributed by atoms with van der Waals surface area (Å²) in [6.45, 7) is 7.19. The maximum absolute atomic E-state index is 13.1. The molecule has 0 aliphatic rings. The quantitative estimate of drug-likeness (QED) is 0.0169. The van der Waals surface area contributed by atoms with Gasteiger partial charge in [0.25, 0.3) is 0 Å². The maximum Gasteiger partial charge on any atom is 0.472 e. The third kappa shape index (κ3) is 70.0. The lowest BCUT2D eigenvalue weighted by atomic mass is 10.0. The molecule has 19 heteroatoms. The molecule has 0 heterocycles. The van der Waals surface area contributed by atoms with Crippen LogP contribution in [0, 0.1) is 5.92 Å². The van der Waals surface area contributed by atoms with Crippen molar-refractivity contribution in [3.05, 3.63) is 24.3 Å². The summed E-state index contributed by atoms with van der Waals surface area (Å²) in [6, 6.07) is 0. The number of unbranched alkanes of at least 4 members (excludes halogenated alkanes) is 44. The maximum atomic E-state index is 13.1. The highest BCUT2D eigenvalue weighted by Gasteiger charge is 2.30. The second-order valence-electron chi connectivity index (χ2n) is 27.5. The van der Waals surface area contributed by atoms with Gasteiger partial charge in [-0.2, -0.15) is 0 Å². The topological polar surface area (TPSA) is 237 Å². The first-order valence-corrected chi connectivity index (χ1v) is 42.4. The van der Waals surface area contributed by atoms with Gasteiger partial charge in [0.1, 0.15) is 19.3 Å². The van der Waals surface area contributed by atoms with Crippen molar-refractivity contribution < 1.29 is 80.2 Å². The average molecular weight is 1410 g/mol. The van der Waals surface area contributed by atoms with E-state index >= 15 is 0 Å². The van der Waals surface area contributed by atoms with Crippen LogP contribution in [-0.4, -0.2) is 96.7 Å². The number of rotatable bonds is 75. The molecule has 3 N–H and O–H groups in total. The molecule has 0 spiro atoms. The number of hydrogen-bond acceptors (Lipinski definition) is 15. The minimum atomic E-state index is -4.96. The number of esters is 4. The van der Waals surface area contributed by atoms with Crippen LogP contribution in [0.3, 0.4) is 0 Å². The second-order valence-corrected chi connectivity index (χ2v) is 30.4. The number of phosphoric ester groups is 2. The van der Waals surface area contributed by atoms with Crippen molar-refractivity contribution >= 4 is 39.5 Å².